The Morgan fingerprint density at radius 1 is 1.50 bits per heavy atom. The molecule has 0 radical (unpaired) electrons. The molecule has 1 saturated carbocycles. The Kier molecular flexibility index (Phi) is 2.81. The molecule has 0 bridgehead atoms. The van der Waals surface area contributed by atoms with Crippen molar-refractivity contribution in [2.45, 2.75) is 19.8 Å². The van der Waals surface area contributed by atoms with Gasteiger partial charge >= 0.3 is 0 Å². The number of rotatable bonds is 2. The molecule has 84 valence electrons. The number of halogens is 1. The van der Waals surface area contributed by atoms with Gasteiger partial charge in [-0.15, -0.1) is 0 Å². The van der Waals surface area contributed by atoms with Crippen LogP contribution in [-0.2, 0) is 0 Å². The second kappa shape index (κ2) is 3.87. The van der Waals surface area contributed by atoms with E-state index in [0.717, 1.165) is 10.0 Å². The zero-order valence-electron chi connectivity index (χ0n) is 9.50. The molecular formula is C13H15BrN2. The minimum atomic E-state index is 0.255. The van der Waals surface area contributed by atoms with Gasteiger partial charge in [0, 0.05) is 4.47 Å². The summed E-state index contributed by atoms with van der Waals surface area (Å²) >= 11 is 3.56. The molecule has 16 heavy (non-hydrogen) atoms. The maximum atomic E-state index is 8.92. The molecule has 1 aliphatic carbocycles. The molecule has 2 rings (SSSR count). The van der Waals surface area contributed by atoms with Gasteiger partial charge in [0.15, 0.2) is 0 Å². The molecule has 0 aliphatic heterocycles. The molecule has 0 saturated heterocycles. The number of nitriles is 1. The Labute approximate surface area is 105 Å². The van der Waals surface area contributed by atoms with E-state index in [2.05, 4.69) is 35.8 Å². The topological polar surface area (TPSA) is 49.8 Å². The molecule has 2 nitrogen and oxygen atoms in total. The highest BCUT2D eigenvalue weighted by atomic mass is 79.9. The van der Waals surface area contributed by atoms with Crippen LogP contribution in [0.3, 0.4) is 0 Å². The summed E-state index contributed by atoms with van der Waals surface area (Å²) in [6.07, 6.45) is 0. The van der Waals surface area contributed by atoms with Crippen molar-refractivity contribution in [1.82, 2.24) is 0 Å². The van der Waals surface area contributed by atoms with E-state index in [1.54, 1.807) is 0 Å². The smallest absolute Gasteiger partial charge is 0.0991 e. The van der Waals surface area contributed by atoms with Crippen molar-refractivity contribution in [3.8, 4) is 6.07 Å². The van der Waals surface area contributed by atoms with Gasteiger partial charge in [-0.2, -0.15) is 5.26 Å². The van der Waals surface area contributed by atoms with Crippen molar-refractivity contribution < 1.29 is 0 Å². The molecule has 3 heteroatoms. The average molecular weight is 279 g/mol. The van der Waals surface area contributed by atoms with Gasteiger partial charge < -0.3 is 5.73 Å². The zero-order chi connectivity index (χ0) is 11.9. The summed E-state index contributed by atoms with van der Waals surface area (Å²) in [7, 11) is 0. The predicted molar refractivity (Wildman–Crippen MR) is 67.9 cm³/mol. The fourth-order valence-corrected chi connectivity index (χ4v) is 3.15. The van der Waals surface area contributed by atoms with E-state index in [9.17, 15) is 0 Å². The van der Waals surface area contributed by atoms with Gasteiger partial charge in [-0.25, -0.2) is 0 Å². The first-order valence-electron chi connectivity index (χ1n) is 5.42. The summed E-state index contributed by atoms with van der Waals surface area (Å²) in [6, 6.07) is 7.95. The predicted octanol–water partition coefficient (Wildman–Crippen LogP) is 3.02. The molecule has 0 amide bonds. The van der Waals surface area contributed by atoms with E-state index < -0.39 is 0 Å². The maximum absolute atomic E-state index is 8.92. The largest absolute Gasteiger partial charge is 0.330 e. The Bertz CT molecular complexity index is 459. The highest BCUT2D eigenvalue weighted by Gasteiger charge is 2.57. The van der Waals surface area contributed by atoms with E-state index in [1.165, 1.54) is 5.56 Å². The Morgan fingerprint density at radius 2 is 2.19 bits per heavy atom. The lowest BCUT2D eigenvalue weighted by Gasteiger charge is -2.06. The highest BCUT2D eigenvalue weighted by Crippen LogP contribution is 2.64. The molecule has 2 unspecified atom stereocenters. The number of nitrogens with zero attached hydrogens (tertiary/aromatic N) is 1. The van der Waals surface area contributed by atoms with Crippen molar-refractivity contribution in [3.05, 3.63) is 33.8 Å². The van der Waals surface area contributed by atoms with Crippen LogP contribution in [0.15, 0.2) is 22.7 Å². The lowest BCUT2D eigenvalue weighted by molar-refractivity contribution is 0.558. The van der Waals surface area contributed by atoms with Crippen molar-refractivity contribution in [2.75, 3.05) is 6.54 Å². The molecule has 1 aromatic carbocycles. The third-order valence-corrected chi connectivity index (χ3v) is 4.49. The van der Waals surface area contributed by atoms with Gasteiger partial charge in [0.25, 0.3) is 0 Å². The molecule has 1 aromatic rings. The van der Waals surface area contributed by atoms with Crippen LogP contribution in [0.25, 0.3) is 0 Å². The van der Waals surface area contributed by atoms with E-state index in [1.807, 2.05) is 18.2 Å². The summed E-state index contributed by atoms with van der Waals surface area (Å²) in [4.78, 5) is 0. The van der Waals surface area contributed by atoms with Gasteiger partial charge in [-0.05, 0) is 47.6 Å². The number of hydrogen-bond acceptors (Lipinski definition) is 2. The first kappa shape index (κ1) is 11.6. The Hall–Kier alpha value is -0.850. The van der Waals surface area contributed by atoms with Crippen molar-refractivity contribution >= 4 is 15.9 Å². The fraction of sp³-hybridized carbons (Fsp3) is 0.462. The molecule has 1 fully saturated rings. The minimum absolute atomic E-state index is 0.255. The van der Waals surface area contributed by atoms with Crippen LogP contribution in [0.4, 0.5) is 0 Å². The third-order valence-electron chi connectivity index (χ3n) is 3.76. The summed E-state index contributed by atoms with van der Waals surface area (Å²) in [6.45, 7) is 5.18. The van der Waals surface area contributed by atoms with Crippen molar-refractivity contribution in [3.63, 3.8) is 0 Å². The minimum Gasteiger partial charge on any atom is -0.330 e. The lowest BCUT2D eigenvalue weighted by atomic mass is 10.0. The van der Waals surface area contributed by atoms with Crippen molar-refractivity contribution in [1.29, 1.82) is 5.26 Å². The number of benzene rings is 1. The summed E-state index contributed by atoms with van der Waals surface area (Å²) in [5.74, 6) is 0.998. The Morgan fingerprint density at radius 3 is 2.69 bits per heavy atom. The lowest BCUT2D eigenvalue weighted by Crippen LogP contribution is -2.05. The fourth-order valence-electron chi connectivity index (χ4n) is 2.65. The molecule has 2 N–H and O–H groups in total. The van der Waals surface area contributed by atoms with Crippen LogP contribution in [0.5, 0.6) is 0 Å². The van der Waals surface area contributed by atoms with Crippen molar-refractivity contribution in [2.24, 2.45) is 17.1 Å². The summed E-state index contributed by atoms with van der Waals surface area (Å²) < 4.78 is 1.08. The standard InChI is InChI=1S/C13H15BrN2/c1-13(2)10(7-16)12(13)9-5-8(6-15)3-4-11(9)14/h3-5,10,12H,7,16H2,1-2H3. The number of nitrogens with two attached hydrogens (primary N) is 1. The van der Waals surface area contributed by atoms with E-state index in [0.29, 0.717) is 18.4 Å². The monoisotopic (exact) mass is 278 g/mol. The second-order valence-corrected chi connectivity index (χ2v) is 5.84. The van der Waals surface area contributed by atoms with E-state index in [4.69, 9.17) is 11.0 Å². The molecule has 2 atom stereocenters. The molecular weight excluding hydrogens is 264 g/mol. The highest BCUT2D eigenvalue weighted by molar-refractivity contribution is 9.10. The molecule has 0 aromatic heterocycles. The van der Waals surface area contributed by atoms with Gasteiger partial charge in [-0.3, -0.25) is 0 Å². The first-order valence-corrected chi connectivity index (χ1v) is 6.21. The summed E-state index contributed by atoms with van der Waals surface area (Å²) in [5.41, 5.74) is 7.97. The number of hydrogen-bond donors (Lipinski definition) is 1. The van der Waals surface area contributed by atoms with Gasteiger partial charge in [-0.1, -0.05) is 29.8 Å². The van der Waals surface area contributed by atoms with Crippen LogP contribution < -0.4 is 5.73 Å². The molecule has 0 spiro atoms. The van der Waals surface area contributed by atoms with Crippen LogP contribution in [-0.4, -0.2) is 6.54 Å². The van der Waals surface area contributed by atoms with Crippen LogP contribution in [0.2, 0.25) is 0 Å². The first-order chi connectivity index (χ1) is 7.52. The molecule has 0 heterocycles. The van der Waals surface area contributed by atoms with Gasteiger partial charge in [0.05, 0.1) is 11.6 Å². The molecule has 1 aliphatic rings. The SMILES string of the molecule is CC1(C)C(CN)C1c1cc(C#N)ccc1Br. The maximum Gasteiger partial charge on any atom is 0.0991 e. The summed E-state index contributed by atoms with van der Waals surface area (Å²) in [5, 5.41) is 8.92. The quantitative estimate of drug-likeness (QED) is 0.904. The normalized spacial score (nSPS) is 26.2. The Balaban J connectivity index is 2.39. The second-order valence-electron chi connectivity index (χ2n) is 4.99. The average Bonchev–Trinajstić information content (AvgIpc) is 2.81. The zero-order valence-corrected chi connectivity index (χ0v) is 11.1. The van der Waals surface area contributed by atoms with Crippen LogP contribution in [0.1, 0.15) is 30.9 Å². The van der Waals surface area contributed by atoms with Crippen LogP contribution in [0, 0.1) is 22.7 Å². The van der Waals surface area contributed by atoms with Gasteiger partial charge in [0.1, 0.15) is 0 Å². The van der Waals surface area contributed by atoms with Crippen LogP contribution >= 0.6 is 15.9 Å². The van der Waals surface area contributed by atoms with E-state index >= 15 is 0 Å². The van der Waals surface area contributed by atoms with Gasteiger partial charge in [0.2, 0.25) is 0 Å². The third kappa shape index (κ3) is 1.66. The van der Waals surface area contributed by atoms with E-state index in [-0.39, 0.29) is 5.41 Å².